The molecule has 2 rings (SSSR count). The fourth-order valence-electron chi connectivity index (χ4n) is 2.75. The van der Waals surface area contributed by atoms with Crippen molar-refractivity contribution in [2.75, 3.05) is 13.2 Å². The van der Waals surface area contributed by atoms with Crippen LogP contribution in [0.3, 0.4) is 0 Å². The van der Waals surface area contributed by atoms with Crippen molar-refractivity contribution in [3.8, 4) is 5.75 Å². The summed E-state index contributed by atoms with van der Waals surface area (Å²) in [6.45, 7) is 0.911. The van der Waals surface area contributed by atoms with Gasteiger partial charge >= 0.3 is 0 Å². The molecule has 2 unspecified atom stereocenters. The third kappa shape index (κ3) is 5.81. The van der Waals surface area contributed by atoms with Crippen molar-refractivity contribution in [2.24, 2.45) is 11.7 Å². The number of carbonyl (C=O) groups is 1. The fraction of sp³-hybridized carbons (Fsp3) is 0.562. The minimum Gasteiger partial charge on any atom is -0.493 e. The third-order valence-electron chi connectivity index (χ3n) is 3.97. The molecule has 0 spiro atoms. The zero-order chi connectivity index (χ0) is 15.1. The van der Waals surface area contributed by atoms with Gasteiger partial charge in [-0.3, -0.25) is 4.79 Å². The van der Waals surface area contributed by atoms with Gasteiger partial charge in [0.1, 0.15) is 11.6 Å². The maximum absolute atomic E-state index is 12.7. The zero-order valence-corrected chi connectivity index (χ0v) is 13.4. The van der Waals surface area contributed by atoms with Gasteiger partial charge in [0.2, 0.25) is 5.91 Å². The normalized spacial score (nSPS) is 20.8. The minimum absolute atomic E-state index is 0. The Hall–Kier alpha value is -1.33. The summed E-state index contributed by atoms with van der Waals surface area (Å²) in [4.78, 5) is 11.9. The maximum Gasteiger partial charge on any atom is 0.223 e. The monoisotopic (exact) mass is 330 g/mol. The molecule has 6 heteroatoms. The van der Waals surface area contributed by atoms with Crippen LogP contribution in [0, 0.1) is 11.7 Å². The Labute approximate surface area is 137 Å². The van der Waals surface area contributed by atoms with Gasteiger partial charge in [0.15, 0.2) is 0 Å². The predicted octanol–water partition coefficient (Wildman–Crippen LogP) is 2.65. The van der Waals surface area contributed by atoms with Crippen LogP contribution in [0.4, 0.5) is 4.39 Å². The van der Waals surface area contributed by atoms with E-state index in [0.717, 1.165) is 19.3 Å². The van der Waals surface area contributed by atoms with E-state index in [-0.39, 0.29) is 36.8 Å². The third-order valence-corrected chi connectivity index (χ3v) is 3.97. The minimum atomic E-state index is -0.301. The molecule has 1 fully saturated rings. The lowest BCUT2D eigenvalue weighted by molar-refractivity contribution is -0.122. The Kier molecular flexibility index (Phi) is 8.20. The van der Waals surface area contributed by atoms with E-state index in [2.05, 4.69) is 5.32 Å². The molecule has 124 valence electrons. The van der Waals surface area contributed by atoms with Crippen molar-refractivity contribution in [1.29, 1.82) is 0 Å². The zero-order valence-electron chi connectivity index (χ0n) is 12.6. The first-order valence-electron chi connectivity index (χ1n) is 7.57. The van der Waals surface area contributed by atoms with Crippen LogP contribution >= 0.6 is 12.4 Å². The topological polar surface area (TPSA) is 64.3 Å². The summed E-state index contributed by atoms with van der Waals surface area (Å²) in [6.07, 6.45) is 4.74. The fourth-order valence-corrected chi connectivity index (χ4v) is 2.75. The SMILES string of the molecule is Cl.NCC1CCCCC1NC(=O)CCOc1ccc(F)cc1. The van der Waals surface area contributed by atoms with Gasteiger partial charge in [-0.1, -0.05) is 12.8 Å². The summed E-state index contributed by atoms with van der Waals surface area (Å²) >= 11 is 0. The number of rotatable bonds is 6. The van der Waals surface area contributed by atoms with Crippen LogP contribution in [-0.2, 0) is 4.79 Å². The lowest BCUT2D eigenvalue weighted by atomic mass is 9.84. The van der Waals surface area contributed by atoms with Crippen molar-refractivity contribution in [3.05, 3.63) is 30.1 Å². The van der Waals surface area contributed by atoms with Gasteiger partial charge in [-0.05, 0) is 49.6 Å². The van der Waals surface area contributed by atoms with Gasteiger partial charge in [0.05, 0.1) is 13.0 Å². The first-order chi connectivity index (χ1) is 10.2. The van der Waals surface area contributed by atoms with Gasteiger partial charge < -0.3 is 15.8 Å². The van der Waals surface area contributed by atoms with Gasteiger partial charge in [0, 0.05) is 6.04 Å². The number of nitrogens with two attached hydrogens (primary N) is 1. The molecule has 3 N–H and O–H groups in total. The van der Waals surface area contributed by atoms with Crippen molar-refractivity contribution in [3.63, 3.8) is 0 Å². The van der Waals surface area contributed by atoms with E-state index in [9.17, 15) is 9.18 Å². The van der Waals surface area contributed by atoms with Crippen molar-refractivity contribution in [1.82, 2.24) is 5.32 Å². The first-order valence-corrected chi connectivity index (χ1v) is 7.57. The van der Waals surface area contributed by atoms with Crippen LogP contribution in [0.1, 0.15) is 32.1 Å². The maximum atomic E-state index is 12.7. The van der Waals surface area contributed by atoms with Crippen LogP contribution in [0.15, 0.2) is 24.3 Å². The molecule has 1 aliphatic rings. The predicted molar refractivity (Wildman–Crippen MR) is 86.7 cm³/mol. The van der Waals surface area contributed by atoms with Crippen molar-refractivity contribution < 1.29 is 13.9 Å². The molecule has 1 aliphatic carbocycles. The highest BCUT2D eigenvalue weighted by atomic mass is 35.5. The van der Waals surface area contributed by atoms with Crippen LogP contribution in [-0.4, -0.2) is 25.1 Å². The molecular weight excluding hydrogens is 307 g/mol. The van der Waals surface area contributed by atoms with E-state index < -0.39 is 0 Å². The van der Waals surface area contributed by atoms with Gasteiger partial charge in [-0.15, -0.1) is 12.4 Å². The molecule has 1 aromatic rings. The number of benzene rings is 1. The molecule has 0 aromatic heterocycles. The van der Waals surface area contributed by atoms with E-state index in [1.165, 1.54) is 18.6 Å². The summed E-state index contributed by atoms with van der Waals surface area (Å²) in [5.74, 6) is 0.648. The number of halogens is 2. The molecule has 1 amide bonds. The van der Waals surface area contributed by atoms with Crippen LogP contribution in [0.2, 0.25) is 0 Å². The lowest BCUT2D eigenvalue weighted by Gasteiger charge is -2.31. The van der Waals surface area contributed by atoms with Gasteiger partial charge in [-0.2, -0.15) is 0 Å². The summed E-state index contributed by atoms with van der Waals surface area (Å²) < 4.78 is 18.2. The molecule has 0 bridgehead atoms. The standard InChI is InChI=1S/C16H23FN2O2.ClH/c17-13-5-7-14(8-6-13)21-10-9-16(20)19-15-4-2-1-3-12(15)11-18;/h5-8,12,15H,1-4,9-11,18H2,(H,19,20);1H. The number of nitrogens with one attached hydrogen (secondary N) is 1. The number of hydrogen-bond acceptors (Lipinski definition) is 3. The van der Waals surface area contributed by atoms with E-state index in [0.29, 0.717) is 24.6 Å². The van der Waals surface area contributed by atoms with Crippen LogP contribution in [0.5, 0.6) is 5.75 Å². The second-order valence-corrected chi connectivity index (χ2v) is 5.51. The molecular formula is C16H24ClFN2O2. The van der Waals surface area contributed by atoms with Crippen LogP contribution < -0.4 is 15.8 Å². The van der Waals surface area contributed by atoms with E-state index in [4.69, 9.17) is 10.5 Å². The number of ether oxygens (including phenoxy) is 1. The number of hydrogen-bond donors (Lipinski definition) is 2. The highest BCUT2D eigenvalue weighted by molar-refractivity contribution is 5.85. The molecule has 0 heterocycles. The Morgan fingerprint density at radius 1 is 1.27 bits per heavy atom. The van der Waals surface area contributed by atoms with E-state index in [1.807, 2.05) is 0 Å². The molecule has 1 saturated carbocycles. The highest BCUT2D eigenvalue weighted by Crippen LogP contribution is 2.23. The second-order valence-electron chi connectivity index (χ2n) is 5.51. The van der Waals surface area contributed by atoms with Crippen molar-refractivity contribution >= 4 is 18.3 Å². The Balaban J connectivity index is 0.00000242. The Bertz CT molecular complexity index is 456. The Morgan fingerprint density at radius 2 is 1.95 bits per heavy atom. The summed E-state index contributed by atoms with van der Waals surface area (Å²) in [7, 11) is 0. The van der Waals surface area contributed by atoms with Crippen molar-refractivity contribution in [2.45, 2.75) is 38.1 Å². The summed E-state index contributed by atoms with van der Waals surface area (Å²) in [5.41, 5.74) is 5.75. The molecule has 2 atom stereocenters. The summed E-state index contributed by atoms with van der Waals surface area (Å²) in [5, 5.41) is 3.06. The average molecular weight is 331 g/mol. The van der Waals surface area contributed by atoms with Gasteiger partial charge in [-0.25, -0.2) is 4.39 Å². The summed E-state index contributed by atoms with van der Waals surface area (Å²) in [6, 6.07) is 5.98. The molecule has 0 saturated heterocycles. The van der Waals surface area contributed by atoms with Crippen LogP contribution in [0.25, 0.3) is 0 Å². The molecule has 22 heavy (non-hydrogen) atoms. The lowest BCUT2D eigenvalue weighted by Crippen LogP contribution is -2.45. The smallest absolute Gasteiger partial charge is 0.223 e. The Morgan fingerprint density at radius 3 is 2.64 bits per heavy atom. The quantitative estimate of drug-likeness (QED) is 0.842. The van der Waals surface area contributed by atoms with E-state index >= 15 is 0 Å². The number of carbonyl (C=O) groups excluding carboxylic acids is 1. The molecule has 0 radical (unpaired) electrons. The molecule has 4 nitrogen and oxygen atoms in total. The highest BCUT2D eigenvalue weighted by Gasteiger charge is 2.25. The molecule has 1 aromatic carbocycles. The average Bonchev–Trinajstić information content (AvgIpc) is 2.50. The van der Waals surface area contributed by atoms with Gasteiger partial charge in [0.25, 0.3) is 0 Å². The second kappa shape index (κ2) is 9.64. The largest absolute Gasteiger partial charge is 0.493 e. The van der Waals surface area contributed by atoms with E-state index in [1.54, 1.807) is 12.1 Å². The number of amides is 1. The molecule has 0 aliphatic heterocycles. The first kappa shape index (κ1) is 18.7.